The predicted molar refractivity (Wildman–Crippen MR) is 96.0 cm³/mol. The van der Waals surface area contributed by atoms with Crippen LogP contribution in [0.15, 0.2) is 78.0 Å². The molecule has 8 heteroatoms. The van der Waals surface area contributed by atoms with Crippen molar-refractivity contribution in [3.8, 4) is 11.5 Å². The number of benzene rings is 2. The standard InChI is InChI=1S/C20H13F3N2O3/c21-20(22,23)28-18-9-5-16(6-10-18)25-12-14-3-7-17(8-4-14)27-19(26)15-2-1-11-24-13-15/h1-13H. The number of aliphatic imine (C=N–C) groups is 1. The van der Waals surface area contributed by atoms with E-state index in [4.69, 9.17) is 4.74 Å². The summed E-state index contributed by atoms with van der Waals surface area (Å²) in [6, 6.07) is 15.0. The molecule has 2 aromatic carbocycles. The van der Waals surface area contributed by atoms with Crippen LogP contribution in [0.5, 0.6) is 11.5 Å². The van der Waals surface area contributed by atoms with E-state index in [1.807, 2.05) is 0 Å². The molecular formula is C20H13F3N2O3. The van der Waals surface area contributed by atoms with Crippen molar-refractivity contribution in [1.82, 2.24) is 4.98 Å². The Kier molecular flexibility index (Phi) is 5.69. The number of nitrogens with zero attached hydrogens (tertiary/aromatic N) is 2. The molecule has 1 aromatic heterocycles. The number of aromatic nitrogens is 1. The molecule has 3 rings (SSSR count). The van der Waals surface area contributed by atoms with Gasteiger partial charge < -0.3 is 9.47 Å². The molecule has 142 valence electrons. The Hall–Kier alpha value is -3.68. The van der Waals surface area contributed by atoms with E-state index in [0.29, 0.717) is 17.0 Å². The second-order valence-corrected chi connectivity index (χ2v) is 5.50. The Morgan fingerprint density at radius 3 is 2.25 bits per heavy atom. The number of hydrogen-bond acceptors (Lipinski definition) is 5. The lowest BCUT2D eigenvalue weighted by Gasteiger charge is -2.08. The first kappa shape index (κ1) is 19.1. The molecular weight excluding hydrogens is 373 g/mol. The first-order valence-electron chi connectivity index (χ1n) is 8.01. The van der Waals surface area contributed by atoms with Gasteiger partial charge in [0.15, 0.2) is 0 Å². The van der Waals surface area contributed by atoms with Crippen LogP contribution in [0.1, 0.15) is 15.9 Å². The molecule has 0 spiro atoms. The van der Waals surface area contributed by atoms with Crippen molar-refractivity contribution < 1.29 is 27.4 Å². The lowest BCUT2D eigenvalue weighted by molar-refractivity contribution is -0.274. The number of alkyl halides is 3. The molecule has 0 aliphatic heterocycles. The van der Waals surface area contributed by atoms with Crippen molar-refractivity contribution in [2.75, 3.05) is 0 Å². The molecule has 0 radical (unpaired) electrons. The molecule has 5 nitrogen and oxygen atoms in total. The topological polar surface area (TPSA) is 60.8 Å². The lowest BCUT2D eigenvalue weighted by atomic mass is 10.2. The highest BCUT2D eigenvalue weighted by Gasteiger charge is 2.30. The number of pyridine rings is 1. The van der Waals surface area contributed by atoms with Crippen molar-refractivity contribution in [3.63, 3.8) is 0 Å². The van der Waals surface area contributed by atoms with Crippen LogP contribution in [0.4, 0.5) is 18.9 Å². The van der Waals surface area contributed by atoms with Gasteiger partial charge >= 0.3 is 12.3 Å². The van der Waals surface area contributed by atoms with Crippen molar-refractivity contribution in [2.45, 2.75) is 6.36 Å². The highest BCUT2D eigenvalue weighted by atomic mass is 19.4. The maximum atomic E-state index is 12.1. The Morgan fingerprint density at radius 2 is 1.64 bits per heavy atom. The second-order valence-electron chi connectivity index (χ2n) is 5.50. The van der Waals surface area contributed by atoms with Crippen LogP contribution in [0.2, 0.25) is 0 Å². The third kappa shape index (κ3) is 5.66. The zero-order valence-electron chi connectivity index (χ0n) is 14.3. The van der Waals surface area contributed by atoms with Crippen LogP contribution in [0.3, 0.4) is 0 Å². The molecule has 28 heavy (non-hydrogen) atoms. The molecule has 0 N–H and O–H groups in total. The largest absolute Gasteiger partial charge is 0.573 e. The van der Waals surface area contributed by atoms with E-state index < -0.39 is 12.3 Å². The second kappa shape index (κ2) is 8.34. The van der Waals surface area contributed by atoms with E-state index in [0.717, 1.165) is 5.56 Å². The summed E-state index contributed by atoms with van der Waals surface area (Å²) in [6.07, 6.45) is -0.227. The van der Waals surface area contributed by atoms with E-state index in [1.54, 1.807) is 42.6 Å². The van der Waals surface area contributed by atoms with Crippen LogP contribution < -0.4 is 9.47 Å². The van der Waals surface area contributed by atoms with Gasteiger partial charge in [-0.25, -0.2) is 4.79 Å². The zero-order valence-corrected chi connectivity index (χ0v) is 14.3. The fourth-order valence-corrected chi connectivity index (χ4v) is 2.15. The zero-order chi connectivity index (χ0) is 20.0. The summed E-state index contributed by atoms with van der Waals surface area (Å²) >= 11 is 0. The first-order valence-corrected chi connectivity index (χ1v) is 8.01. The minimum atomic E-state index is -4.73. The normalized spacial score (nSPS) is 11.4. The minimum Gasteiger partial charge on any atom is -0.423 e. The van der Waals surface area contributed by atoms with Gasteiger partial charge in [-0.15, -0.1) is 13.2 Å². The van der Waals surface area contributed by atoms with Crippen molar-refractivity contribution >= 4 is 17.9 Å². The third-order valence-electron chi connectivity index (χ3n) is 3.42. The van der Waals surface area contributed by atoms with Crippen molar-refractivity contribution in [1.29, 1.82) is 0 Å². The monoisotopic (exact) mass is 386 g/mol. The number of ether oxygens (including phenoxy) is 2. The Morgan fingerprint density at radius 1 is 0.964 bits per heavy atom. The molecule has 0 fully saturated rings. The van der Waals surface area contributed by atoms with Crippen molar-refractivity contribution in [2.24, 2.45) is 4.99 Å². The Bertz CT molecular complexity index is 955. The summed E-state index contributed by atoms with van der Waals surface area (Å²) in [5.74, 6) is -0.471. The molecule has 0 amide bonds. The molecule has 0 aliphatic carbocycles. The van der Waals surface area contributed by atoms with Gasteiger partial charge in [-0.3, -0.25) is 9.98 Å². The van der Waals surface area contributed by atoms with E-state index in [9.17, 15) is 18.0 Å². The number of rotatable bonds is 5. The van der Waals surface area contributed by atoms with Gasteiger partial charge in [0.25, 0.3) is 0 Å². The Balaban J connectivity index is 1.60. The highest BCUT2D eigenvalue weighted by molar-refractivity contribution is 5.90. The third-order valence-corrected chi connectivity index (χ3v) is 3.42. The maximum Gasteiger partial charge on any atom is 0.573 e. The molecule has 0 saturated heterocycles. The average molecular weight is 386 g/mol. The summed E-state index contributed by atoms with van der Waals surface area (Å²) in [4.78, 5) is 20.0. The maximum absolute atomic E-state index is 12.1. The van der Waals surface area contributed by atoms with E-state index in [2.05, 4.69) is 14.7 Å². The molecule has 3 aromatic rings. The molecule has 0 atom stereocenters. The number of carbonyl (C=O) groups is 1. The van der Waals surface area contributed by atoms with E-state index in [-0.39, 0.29) is 5.75 Å². The number of esters is 1. The van der Waals surface area contributed by atoms with Crippen LogP contribution in [-0.2, 0) is 0 Å². The lowest BCUT2D eigenvalue weighted by Crippen LogP contribution is -2.16. The highest BCUT2D eigenvalue weighted by Crippen LogP contribution is 2.25. The Labute approximate surface area is 158 Å². The summed E-state index contributed by atoms with van der Waals surface area (Å²) in [7, 11) is 0. The van der Waals surface area contributed by atoms with Gasteiger partial charge in [-0.05, 0) is 66.2 Å². The molecule has 0 saturated carbocycles. The molecule has 0 aliphatic rings. The molecule has 1 heterocycles. The summed E-state index contributed by atoms with van der Waals surface area (Å²) < 4.78 is 45.4. The van der Waals surface area contributed by atoms with Gasteiger partial charge in [0, 0.05) is 18.6 Å². The van der Waals surface area contributed by atoms with Gasteiger partial charge in [0.2, 0.25) is 0 Å². The average Bonchev–Trinajstić information content (AvgIpc) is 2.68. The molecule has 0 unspecified atom stereocenters. The number of hydrogen-bond donors (Lipinski definition) is 0. The summed E-state index contributed by atoms with van der Waals surface area (Å²) in [5.41, 5.74) is 1.52. The van der Waals surface area contributed by atoms with Crippen LogP contribution in [0.25, 0.3) is 0 Å². The number of carbonyl (C=O) groups excluding carboxylic acids is 1. The quantitative estimate of drug-likeness (QED) is 0.354. The van der Waals surface area contributed by atoms with Gasteiger partial charge in [-0.2, -0.15) is 0 Å². The van der Waals surface area contributed by atoms with Crippen LogP contribution in [0, 0.1) is 0 Å². The SMILES string of the molecule is O=C(Oc1ccc(C=Nc2ccc(OC(F)(F)F)cc2)cc1)c1cccnc1. The van der Waals surface area contributed by atoms with Crippen molar-refractivity contribution in [3.05, 3.63) is 84.2 Å². The van der Waals surface area contributed by atoms with Crippen LogP contribution >= 0.6 is 0 Å². The smallest absolute Gasteiger partial charge is 0.423 e. The van der Waals surface area contributed by atoms with Gasteiger partial charge in [0.05, 0.1) is 11.3 Å². The van der Waals surface area contributed by atoms with E-state index >= 15 is 0 Å². The predicted octanol–water partition coefficient (Wildman–Crippen LogP) is 4.95. The minimum absolute atomic E-state index is 0.314. The van der Waals surface area contributed by atoms with Gasteiger partial charge in [-0.1, -0.05) is 0 Å². The summed E-state index contributed by atoms with van der Waals surface area (Å²) in [5, 5.41) is 0. The first-order chi connectivity index (χ1) is 13.4. The summed E-state index contributed by atoms with van der Waals surface area (Å²) in [6.45, 7) is 0. The number of halogens is 3. The fraction of sp³-hybridized carbons (Fsp3) is 0.0500. The fourth-order valence-electron chi connectivity index (χ4n) is 2.15. The van der Waals surface area contributed by atoms with Gasteiger partial charge in [0.1, 0.15) is 11.5 Å². The van der Waals surface area contributed by atoms with E-state index in [1.165, 1.54) is 36.7 Å². The van der Waals surface area contributed by atoms with Crippen LogP contribution in [-0.4, -0.2) is 23.5 Å². The molecule has 0 bridgehead atoms.